The van der Waals surface area contributed by atoms with Gasteiger partial charge in [-0.3, -0.25) is 4.57 Å². The second-order valence-electron chi connectivity index (χ2n) is 6.62. The molecule has 0 aliphatic carbocycles. The van der Waals surface area contributed by atoms with E-state index in [0.29, 0.717) is 6.54 Å². The van der Waals surface area contributed by atoms with Crippen molar-refractivity contribution in [2.24, 2.45) is 0 Å². The van der Waals surface area contributed by atoms with Crippen molar-refractivity contribution in [1.29, 1.82) is 0 Å². The number of nitrogens with one attached hydrogen (secondary N) is 1. The van der Waals surface area contributed by atoms with Gasteiger partial charge in [-0.15, -0.1) is 0 Å². The number of rotatable bonds is 5. The summed E-state index contributed by atoms with van der Waals surface area (Å²) in [4.78, 5) is 15.4. The first-order valence-electron chi connectivity index (χ1n) is 9.27. The van der Waals surface area contributed by atoms with Crippen LogP contribution in [0.25, 0.3) is 22.7 Å². The van der Waals surface area contributed by atoms with Crippen LogP contribution in [-0.4, -0.2) is 9.55 Å². The molecule has 4 aromatic rings. The summed E-state index contributed by atoms with van der Waals surface area (Å²) in [5.74, 6) is 0. The van der Waals surface area contributed by atoms with Gasteiger partial charge in [-0.05, 0) is 40.8 Å². The zero-order chi connectivity index (χ0) is 18.6. The van der Waals surface area contributed by atoms with Crippen molar-refractivity contribution in [2.75, 3.05) is 0 Å². The Morgan fingerprint density at radius 2 is 1.63 bits per heavy atom. The fraction of sp³-hybridized carbons (Fsp3) is 0.125. The highest BCUT2D eigenvalue weighted by molar-refractivity contribution is 5.82. The molecule has 0 saturated heterocycles. The van der Waals surface area contributed by atoms with Gasteiger partial charge in [-0.1, -0.05) is 79.7 Å². The van der Waals surface area contributed by atoms with Gasteiger partial charge in [0.1, 0.15) is 0 Å². The van der Waals surface area contributed by atoms with Crippen molar-refractivity contribution < 1.29 is 0 Å². The highest BCUT2D eigenvalue weighted by Crippen LogP contribution is 2.23. The summed E-state index contributed by atoms with van der Waals surface area (Å²) in [6.45, 7) is 2.72. The number of imidazole rings is 1. The Morgan fingerprint density at radius 3 is 2.44 bits per heavy atom. The van der Waals surface area contributed by atoms with Crippen LogP contribution in [0.5, 0.6) is 0 Å². The summed E-state index contributed by atoms with van der Waals surface area (Å²) in [5, 5.41) is 0. The highest BCUT2D eigenvalue weighted by Gasteiger charge is 2.09. The molecular formula is C24H22N2O. The molecule has 0 saturated carbocycles. The molecule has 3 nitrogen and oxygen atoms in total. The maximum Gasteiger partial charge on any atom is 0.326 e. The number of hydrogen-bond donors (Lipinski definition) is 1. The quantitative estimate of drug-likeness (QED) is 0.483. The molecule has 1 N–H and O–H groups in total. The second kappa shape index (κ2) is 7.50. The summed E-state index contributed by atoms with van der Waals surface area (Å²) in [7, 11) is 0. The van der Waals surface area contributed by atoms with E-state index < -0.39 is 0 Å². The van der Waals surface area contributed by atoms with Crippen LogP contribution in [0.2, 0.25) is 0 Å². The average Bonchev–Trinajstić information content (AvgIpc) is 3.03. The molecule has 0 bridgehead atoms. The third-order valence-corrected chi connectivity index (χ3v) is 4.92. The Balaban J connectivity index is 1.76. The monoisotopic (exact) mass is 354 g/mol. The topological polar surface area (TPSA) is 37.8 Å². The van der Waals surface area contributed by atoms with E-state index >= 15 is 0 Å². The Labute approximate surface area is 158 Å². The van der Waals surface area contributed by atoms with E-state index in [1.807, 2.05) is 42.5 Å². The molecular weight excluding hydrogens is 332 g/mol. The third-order valence-electron chi connectivity index (χ3n) is 4.92. The standard InChI is InChI=1S/C24H22N2O/c1-2-18(19-10-4-3-5-11-19)16-20-12-6-7-13-21(20)17-26-23-15-9-8-14-22(23)25-24(26)27/h3-16H,2,17H2,1H3,(H,25,27)/b18-16+. The zero-order valence-electron chi connectivity index (χ0n) is 15.4. The first-order valence-corrected chi connectivity index (χ1v) is 9.27. The van der Waals surface area contributed by atoms with Crippen molar-refractivity contribution in [3.05, 3.63) is 106 Å². The molecule has 0 unspecified atom stereocenters. The van der Waals surface area contributed by atoms with Gasteiger partial charge in [0.15, 0.2) is 0 Å². The van der Waals surface area contributed by atoms with Crippen molar-refractivity contribution in [1.82, 2.24) is 9.55 Å². The molecule has 134 valence electrons. The van der Waals surface area contributed by atoms with E-state index in [0.717, 1.165) is 28.6 Å². The first kappa shape index (κ1) is 17.1. The summed E-state index contributed by atoms with van der Waals surface area (Å²) in [5.41, 5.74) is 6.53. The molecule has 3 heteroatoms. The van der Waals surface area contributed by atoms with E-state index in [2.05, 4.69) is 54.4 Å². The van der Waals surface area contributed by atoms with Crippen molar-refractivity contribution >= 4 is 22.7 Å². The number of aromatic nitrogens is 2. The molecule has 0 fully saturated rings. The zero-order valence-corrected chi connectivity index (χ0v) is 15.4. The first-order chi connectivity index (χ1) is 13.3. The number of allylic oxidation sites excluding steroid dienone is 1. The van der Waals surface area contributed by atoms with Crippen molar-refractivity contribution in [3.8, 4) is 0 Å². The van der Waals surface area contributed by atoms with Crippen LogP contribution in [0.4, 0.5) is 0 Å². The number of fused-ring (bicyclic) bond motifs is 1. The minimum absolute atomic E-state index is 0.0752. The molecule has 0 aliphatic heterocycles. The average molecular weight is 354 g/mol. The van der Waals surface area contributed by atoms with Gasteiger partial charge in [0.2, 0.25) is 0 Å². The molecule has 3 aromatic carbocycles. The molecule has 0 radical (unpaired) electrons. The van der Waals surface area contributed by atoms with Crippen molar-refractivity contribution in [3.63, 3.8) is 0 Å². The van der Waals surface area contributed by atoms with Crippen LogP contribution in [0.1, 0.15) is 30.0 Å². The van der Waals surface area contributed by atoms with Gasteiger partial charge in [-0.2, -0.15) is 0 Å². The molecule has 0 amide bonds. The number of H-pyrrole nitrogens is 1. The highest BCUT2D eigenvalue weighted by atomic mass is 16.1. The third kappa shape index (κ3) is 3.49. The minimum Gasteiger partial charge on any atom is -0.306 e. The van der Waals surface area contributed by atoms with E-state index in [-0.39, 0.29) is 5.69 Å². The molecule has 0 spiro atoms. The van der Waals surface area contributed by atoms with E-state index in [9.17, 15) is 4.79 Å². The van der Waals surface area contributed by atoms with Gasteiger partial charge in [0, 0.05) is 0 Å². The fourth-order valence-electron chi connectivity index (χ4n) is 3.48. The number of para-hydroxylation sites is 2. The molecule has 27 heavy (non-hydrogen) atoms. The smallest absolute Gasteiger partial charge is 0.306 e. The van der Waals surface area contributed by atoms with Crippen LogP contribution in [-0.2, 0) is 6.54 Å². The summed E-state index contributed by atoms with van der Waals surface area (Å²) < 4.78 is 1.80. The lowest BCUT2D eigenvalue weighted by Crippen LogP contribution is -2.17. The SMILES string of the molecule is CC/C(=C\c1ccccc1Cn1c(=O)[nH]c2ccccc21)c1ccccc1. The lowest BCUT2D eigenvalue weighted by atomic mass is 9.98. The second-order valence-corrected chi connectivity index (χ2v) is 6.62. The number of nitrogens with zero attached hydrogens (tertiary/aromatic N) is 1. The van der Waals surface area contributed by atoms with Crippen LogP contribution < -0.4 is 5.69 Å². The Morgan fingerprint density at radius 1 is 0.926 bits per heavy atom. The van der Waals surface area contributed by atoms with Gasteiger partial charge in [-0.25, -0.2) is 4.79 Å². The fourth-order valence-corrected chi connectivity index (χ4v) is 3.48. The molecule has 0 aliphatic rings. The van der Waals surface area contributed by atoms with Crippen molar-refractivity contribution in [2.45, 2.75) is 19.9 Å². The maximum atomic E-state index is 12.4. The Bertz CT molecular complexity index is 1150. The maximum absolute atomic E-state index is 12.4. The number of aromatic amines is 1. The molecule has 4 rings (SSSR count). The summed E-state index contributed by atoms with van der Waals surface area (Å²) in [6.07, 6.45) is 3.19. The predicted molar refractivity (Wildman–Crippen MR) is 113 cm³/mol. The van der Waals surface area contributed by atoms with Gasteiger partial charge in [0.05, 0.1) is 17.6 Å². The molecule has 0 atom stereocenters. The van der Waals surface area contributed by atoms with Crippen LogP contribution in [0, 0.1) is 0 Å². The van der Waals surface area contributed by atoms with Gasteiger partial charge < -0.3 is 4.98 Å². The predicted octanol–water partition coefficient (Wildman–Crippen LogP) is 5.33. The normalized spacial score (nSPS) is 11.8. The van der Waals surface area contributed by atoms with Gasteiger partial charge >= 0.3 is 5.69 Å². The van der Waals surface area contributed by atoms with Crippen LogP contribution in [0.3, 0.4) is 0 Å². The van der Waals surface area contributed by atoms with Crippen LogP contribution in [0.15, 0.2) is 83.7 Å². The lowest BCUT2D eigenvalue weighted by Gasteiger charge is -2.10. The largest absolute Gasteiger partial charge is 0.326 e. The lowest BCUT2D eigenvalue weighted by molar-refractivity contribution is 0.785. The molecule has 1 heterocycles. The van der Waals surface area contributed by atoms with Crippen LogP contribution >= 0.6 is 0 Å². The number of hydrogen-bond acceptors (Lipinski definition) is 1. The Hall–Kier alpha value is -3.33. The van der Waals surface area contributed by atoms with E-state index in [1.165, 1.54) is 11.1 Å². The summed E-state index contributed by atoms with van der Waals surface area (Å²) >= 11 is 0. The number of benzene rings is 3. The van der Waals surface area contributed by atoms with E-state index in [4.69, 9.17) is 0 Å². The van der Waals surface area contributed by atoms with E-state index in [1.54, 1.807) is 4.57 Å². The van der Waals surface area contributed by atoms with Gasteiger partial charge in [0.25, 0.3) is 0 Å². The summed E-state index contributed by atoms with van der Waals surface area (Å²) in [6, 6.07) is 26.6. The minimum atomic E-state index is -0.0752. The Kier molecular flexibility index (Phi) is 4.75. The molecule has 1 aromatic heterocycles.